The van der Waals surface area contributed by atoms with Gasteiger partial charge in [0.15, 0.2) is 0 Å². The van der Waals surface area contributed by atoms with Crippen molar-refractivity contribution in [3.8, 4) is 0 Å². The Kier molecular flexibility index (Phi) is 3.96. The summed E-state index contributed by atoms with van der Waals surface area (Å²) in [5.74, 6) is 0. The van der Waals surface area contributed by atoms with Crippen LogP contribution >= 0.6 is 0 Å². The Morgan fingerprint density at radius 2 is 2.40 bits per heavy atom. The van der Waals surface area contributed by atoms with Crippen LogP contribution in [0.4, 0.5) is 0 Å². The van der Waals surface area contributed by atoms with Crippen LogP contribution in [-0.2, 0) is 0 Å². The van der Waals surface area contributed by atoms with E-state index in [9.17, 15) is 0 Å². The first kappa shape index (κ1) is 4.98. The summed E-state index contributed by atoms with van der Waals surface area (Å²) < 4.78 is 3.76. The number of hydrogen-bond acceptors (Lipinski definition) is 2. The van der Waals surface area contributed by atoms with Crippen LogP contribution in [0.3, 0.4) is 0 Å². The molecule has 2 nitrogen and oxygen atoms in total. The van der Waals surface area contributed by atoms with Crippen molar-refractivity contribution in [3.63, 3.8) is 0 Å². The van der Waals surface area contributed by atoms with Crippen LogP contribution in [0.2, 0.25) is 0 Å². The van der Waals surface area contributed by atoms with E-state index in [1.54, 1.807) is 10.0 Å². The number of rotatable bonds is 2. The molecule has 0 bridgehead atoms. The van der Waals surface area contributed by atoms with E-state index in [0.29, 0.717) is 6.54 Å². The normalized spacial score (nSPS) is 7.40. The van der Waals surface area contributed by atoms with Crippen molar-refractivity contribution in [2.24, 2.45) is 10.4 Å². The Hall–Kier alpha value is -0.0231. The van der Waals surface area contributed by atoms with Gasteiger partial charge < -0.3 is 10.4 Å². The van der Waals surface area contributed by atoms with Crippen molar-refractivity contribution in [1.82, 2.24) is 0 Å². The maximum atomic E-state index is 5.05. The fourth-order valence-corrected chi connectivity index (χ4v) is 0.274. The summed E-state index contributed by atoms with van der Waals surface area (Å²) in [5.41, 5.74) is 5.05. The van der Waals surface area contributed by atoms with Crippen LogP contribution in [0.5, 0.6) is 0 Å². The standard InChI is InChI=1S/C2H8N2Si/c3-1-2-4-5/h1-3,5H2. The van der Waals surface area contributed by atoms with Crippen molar-refractivity contribution in [2.75, 3.05) is 13.1 Å². The first-order valence-corrected chi connectivity index (χ1v) is 2.17. The molecule has 0 saturated carbocycles. The topological polar surface area (TPSA) is 38.4 Å². The zero-order valence-electron chi connectivity index (χ0n) is 3.15. The molecule has 0 saturated heterocycles. The molecule has 0 aromatic carbocycles. The van der Waals surface area contributed by atoms with E-state index in [4.69, 9.17) is 5.73 Å². The van der Waals surface area contributed by atoms with Gasteiger partial charge in [0.05, 0.1) is 10.0 Å². The van der Waals surface area contributed by atoms with E-state index in [1.165, 1.54) is 0 Å². The summed E-state index contributed by atoms with van der Waals surface area (Å²) in [4.78, 5) is 0. The van der Waals surface area contributed by atoms with Gasteiger partial charge in [0.1, 0.15) is 0 Å². The minimum atomic E-state index is 0.684. The first-order valence-electron chi connectivity index (χ1n) is 1.54. The summed E-state index contributed by atoms with van der Waals surface area (Å²) in [6, 6.07) is 0. The van der Waals surface area contributed by atoms with Gasteiger partial charge in [-0.3, -0.25) is 0 Å². The molecule has 2 N–H and O–H groups in total. The second kappa shape index (κ2) is 3.98. The van der Waals surface area contributed by atoms with Crippen LogP contribution in [0.1, 0.15) is 0 Å². The van der Waals surface area contributed by atoms with E-state index in [2.05, 4.69) is 4.63 Å². The van der Waals surface area contributed by atoms with E-state index >= 15 is 0 Å². The Balaban J connectivity index is 2.40. The smallest absolute Gasteiger partial charge is 0.0888 e. The van der Waals surface area contributed by atoms with Gasteiger partial charge in [-0.1, -0.05) is 0 Å². The highest BCUT2D eigenvalue weighted by molar-refractivity contribution is 5.91. The quantitative estimate of drug-likeness (QED) is 0.421. The molecule has 0 unspecified atom stereocenters. The van der Waals surface area contributed by atoms with Crippen LogP contribution in [-0.4, -0.2) is 23.1 Å². The average molecular weight is 88.2 g/mol. The third-order valence-corrected chi connectivity index (χ3v) is 0.603. The molecule has 0 radical (unpaired) electrons. The summed E-state index contributed by atoms with van der Waals surface area (Å²) in [6.45, 7) is 1.49. The maximum absolute atomic E-state index is 5.05. The van der Waals surface area contributed by atoms with Crippen LogP contribution in [0.25, 0.3) is 0 Å². The molecule has 0 fully saturated rings. The molecule has 0 aromatic heterocycles. The van der Waals surface area contributed by atoms with Crippen molar-refractivity contribution in [1.29, 1.82) is 0 Å². The van der Waals surface area contributed by atoms with Gasteiger partial charge in [0.2, 0.25) is 0 Å². The molecular formula is C2H8N2Si. The largest absolute Gasteiger partial charge is 0.343 e. The molecule has 30 valence electrons. The molecular weight excluding hydrogens is 80.1 g/mol. The molecule has 0 aliphatic rings. The van der Waals surface area contributed by atoms with Gasteiger partial charge >= 0.3 is 0 Å². The highest BCUT2D eigenvalue weighted by Gasteiger charge is 1.60. The molecule has 0 heterocycles. The van der Waals surface area contributed by atoms with Crippen LogP contribution < -0.4 is 5.73 Å². The van der Waals surface area contributed by atoms with Crippen LogP contribution in [0.15, 0.2) is 4.63 Å². The Bertz CT molecular complexity index is 28.8. The fourth-order valence-electron chi connectivity index (χ4n) is 0.0913. The van der Waals surface area contributed by atoms with E-state index in [0.717, 1.165) is 6.54 Å². The number of hydrogen-bond donors (Lipinski definition) is 1. The van der Waals surface area contributed by atoms with E-state index in [-0.39, 0.29) is 0 Å². The molecule has 0 atom stereocenters. The summed E-state index contributed by atoms with van der Waals surface area (Å²) in [6.07, 6.45) is 0. The minimum Gasteiger partial charge on any atom is -0.343 e. The Morgan fingerprint density at radius 3 is 2.40 bits per heavy atom. The summed E-state index contributed by atoms with van der Waals surface area (Å²) >= 11 is 0. The molecule has 3 heteroatoms. The maximum Gasteiger partial charge on any atom is 0.0888 e. The number of nitrogens with zero attached hydrogens (tertiary/aromatic N) is 1. The first-order chi connectivity index (χ1) is 2.41. The molecule has 0 aliphatic carbocycles. The van der Waals surface area contributed by atoms with Gasteiger partial charge in [-0.2, -0.15) is 0 Å². The molecule has 0 rings (SSSR count). The van der Waals surface area contributed by atoms with Gasteiger partial charge in [-0.05, 0) is 0 Å². The average Bonchev–Trinajstić information content (AvgIpc) is 1.41. The van der Waals surface area contributed by atoms with Crippen LogP contribution in [0, 0.1) is 0 Å². The lowest BCUT2D eigenvalue weighted by Crippen LogP contribution is -2.00. The molecule has 0 aliphatic heterocycles. The van der Waals surface area contributed by atoms with Gasteiger partial charge in [-0.25, -0.2) is 0 Å². The molecule has 0 aromatic rings. The van der Waals surface area contributed by atoms with Crippen molar-refractivity contribution >= 4 is 10.0 Å². The van der Waals surface area contributed by atoms with Gasteiger partial charge in [0, 0.05) is 13.1 Å². The molecule has 5 heavy (non-hydrogen) atoms. The highest BCUT2D eigenvalue weighted by Crippen LogP contribution is 1.51. The predicted molar refractivity (Wildman–Crippen MR) is 24.9 cm³/mol. The second-order valence-corrected chi connectivity index (χ2v) is 1.18. The van der Waals surface area contributed by atoms with E-state index in [1.807, 2.05) is 0 Å². The Labute approximate surface area is 34.5 Å². The molecule has 0 amide bonds. The monoisotopic (exact) mass is 88.0 g/mol. The van der Waals surface area contributed by atoms with Crippen molar-refractivity contribution in [3.05, 3.63) is 0 Å². The third-order valence-electron chi connectivity index (χ3n) is 0.287. The predicted octanol–water partition coefficient (Wildman–Crippen LogP) is -1.24. The summed E-state index contributed by atoms with van der Waals surface area (Å²) in [5, 5.41) is 0. The van der Waals surface area contributed by atoms with Gasteiger partial charge in [-0.15, -0.1) is 0 Å². The summed E-state index contributed by atoms with van der Waals surface area (Å²) in [7, 11) is 1.59. The highest BCUT2D eigenvalue weighted by atomic mass is 28.1. The zero-order chi connectivity index (χ0) is 4.12. The van der Waals surface area contributed by atoms with E-state index < -0.39 is 0 Å². The minimum absolute atomic E-state index is 0.684. The van der Waals surface area contributed by atoms with Gasteiger partial charge in [0.25, 0.3) is 0 Å². The zero-order valence-corrected chi connectivity index (χ0v) is 4.56. The fraction of sp³-hybridized carbons (Fsp3) is 1.00. The lowest BCUT2D eigenvalue weighted by atomic mass is 10.7. The Morgan fingerprint density at radius 1 is 1.80 bits per heavy atom. The second-order valence-electron chi connectivity index (χ2n) is 0.736. The van der Waals surface area contributed by atoms with Crippen molar-refractivity contribution in [2.45, 2.75) is 0 Å². The molecule has 0 spiro atoms. The number of nitrogens with two attached hydrogens (primary N) is 1. The van der Waals surface area contributed by atoms with Crippen molar-refractivity contribution < 1.29 is 0 Å². The SMILES string of the molecule is NCCN=[SiH2]. The third kappa shape index (κ3) is 3.98. The lowest BCUT2D eigenvalue weighted by molar-refractivity contribution is 0.987. The lowest BCUT2D eigenvalue weighted by Gasteiger charge is -1.76.